The number of benzene rings is 1. The molecule has 0 saturated heterocycles. The maximum Gasteiger partial charge on any atom is 0.157 e. The lowest BCUT2D eigenvalue weighted by Crippen LogP contribution is -1.70. The van der Waals surface area contributed by atoms with Gasteiger partial charge in [0.05, 0.1) is 0 Å². The summed E-state index contributed by atoms with van der Waals surface area (Å²) in [5, 5.41) is 17.6. The van der Waals surface area contributed by atoms with E-state index in [9.17, 15) is 0 Å². The van der Waals surface area contributed by atoms with E-state index >= 15 is 0 Å². The van der Waals surface area contributed by atoms with Gasteiger partial charge in [-0.2, -0.15) is 0 Å². The molecular formula is C7H7O2. The first-order valence-corrected chi connectivity index (χ1v) is 2.54. The minimum atomic E-state index is -0.123. The van der Waals surface area contributed by atoms with Gasteiger partial charge in [-0.05, 0) is 24.6 Å². The van der Waals surface area contributed by atoms with E-state index in [4.69, 9.17) is 10.2 Å². The summed E-state index contributed by atoms with van der Waals surface area (Å²) < 4.78 is 0. The fraction of sp³-hybridized carbons (Fsp3) is 0. The van der Waals surface area contributed by atoms with Crippen molar-refractivity contribution in [3.8, 4) is 11.5 Å². The topological polar surface area (TPSA) is 40.5 Å². The third-order valence-corrected chi connectivity index (χ3v) is 1.04. The Hall–Kier alpha value is -1.18. The van der Waals surface area contributed by atoms with Crippen molar-refractivity contribution in [1.82, 2.24) is 0 Å². The Morgan fingerprint density at radius 2 is 1.78 bits per heavy atom. The van der Waals surface area contributed by atoms with Crippen LogP contribution in [-0.4, -0.2) is 10.2 Å². The van der Waals surface area contributed by atoms with Crippen LogP contribution in [0.2, 0.25) is 0 Å². The van der Waals surface area contributed by atoms with Crippen LogP contribution in [0.5, 0.6) is 11.5 Å². The summed E-state index contributed by atoms with van der Waals surface area (Å²) in [4.78, 5) is 0. The molecule has 1 aromatic rings. The van der Waals surface area contributed by atoms with Crippen LogP contribution in [0.3, 0.4) is 0 Å². The number of phenolic OH excluding ortho intramolecular Hbond substituents is 2. The Bertz CT molecular complexity index is 218. The van der Waals surface area contributed by atoms with Crippen molar-refractivity contribution < 1.29 is 10.2 Å². The third-order valence-electron chi connectivity index (χ3n) is 1.04. The van der Waals surface area contributed by atoms with E-state index in [1.165, 1.54) is 12.1 Å². The predicted molar refractivity (Wildman–Crippen MR) is 34.2 cm³/mol. The molecule has 1 aromatic carbocycles. The van der Waals surface area contributed by atoms with Crippen LogP contribution < -0.4 is 0 Å². The molecule has 0 atom stereocenters. The highest BCUT2D eigenvalue weighted by molar-refractivity contribution is 5.41. The average molecular weight is 123 g/mol. The van der Waals surface area contributed by atoms with E-state index in [0.29, 0.717) is 5.56 Å². The van der Waals surface area contributed by atoms with Crippen molar-refractivity contribution in [3.05, 3.63) is 30.7 Å². The van der Waals surface area contributed by atoms with Crippen LogP contribution in [0.25, 0.3) is 0 Å². The van der Waals surface area contributed by atoms with E-state index in [2.05, 4.69) is 6.92 Å². The van der Waals surface area contributed by atoms with Crippen LogP contribution in [0.4, 0.5) is 0 Å². The summed E-state index contributed by atoms with van der Waals surface area (Å²) in [6.45, 7) is 3.55. The molecule has 0 fully saturated rings. The standard InChI is InChI=1S/C7H7O2/c1-5-2-3-6(8)7(9)4-5/h2-4,8-9H,1H2. The molecule has 0 unspecified atom stereocenters. The number of rotatable bonds is 0. The Morgan fingerprint density at radius 1 is 1.11 bits per heavy atom. The van der Waals surface area contributed by atoms with Gasteiger partial charge in [0.25, 0.3) is 0 Å². The molecule has 0 spiro atoms. The van der Waals surface area contributed by atoms with Crippen molar-refractivity contribution >= 4 is 0 Å². The minimum absolute atomic E-state index is 0.109. The molecule has 2 heteroatoms. The fourth-order valence-electron chi connectivity index (χ4n) is 0.569. The highest BCUT2D eigenvalue weighted by atomic mass is 16.3. The molecule has 1 rings (SSSR count). The monoisotopic (exact) mass is 123 g/mol. The zero-order valence-electron chi connectivity index (χ0n) is 4.83. The summed E-state index contributed by atoms with van der Waals surface area (Å²) in [7, 11) is 0. The highest BCUT2D eigenvalue weighted by Gasteiger charge is 1.94. The summed E-state index contributed by atoms with van der Waals surface area (Å²) in [6, 6.07) is 4.42. The van der Waals surface area contributed by atoms with Gasteiger partial charge in [0.1, 0.15) is 0 Å². The summed E-state index contributed by atoms with van der Waals surface area (Å²) in [5.74, 6) is -0.232. The van der Waals surface area contributed by atoms with E-state index in [1.54, 1.807) is 6.07 Å². The number of hydrogen-bond acceptors (Lipinski definition) is 2. The van der Waals surface area contributed by atoms with Crippen LogP contribution in [0, 0.1) is 6.92 Å². The molecular weight excluding hydrogens is 116 g/mol. The first-order valence-electron chi connectivity index (χ1n) is 2.54. The quantitative estimate of drug-likeness (QED) is 0.510. The summed E-state index contributed by atoms with van der Waals surface area (Å²) >= 11 is 0. The number of phenols is 2. The van der Waals surface area contributed by atoms with E-state index < -0.39 is 0 Å². The van der Waals surface area contributed by atoms with Crippen LogP contribution in [0.1, 0.15) is 5.56 Å². The van der Waals surface area contributed by atoms with Crippen LogP contribution >= 0.6 is 0 Å². The zero-order chi connectivity index (χ0) is 6.85. The largest absolute Gasteiger partial charge is 0.504 e. The Balaban J connectivity index is 3.17. The molecule has 2 nitrogen and oxygen atoms in total. The fourth-order valence-corrected chi connectivity index (χ4v) is 0.569. The maximum absolute atomic E-state index is 8.81. The molecule has 0 heterocycles. The van der Waals surface area contributed by atoms with Gasteiger partial charge in [-0.25, -0.2) is 0 Å². The SMILES string of the molecule is [CH2]c1ccc(O)c(O)c1. The van der Waals surface area contributed by atoms with Crippen molar-refractivity contribution in [2.45, 2.75) is 0 Å². The third kappa shape index (κ3) is 1.13. The molecule has 0 aliphatic rings. The van der Waals surface area contributed by atoms with Gasteiger partial charge in [0, 0.05) is 0 Å². The van der Waals surface area contributed by atoms with Gasteiger partial charge in [0.15, 0.2) is 11.5 Å². The molecule has 2 N–H and O–H groups in total. The van der Waals surface area contributed by atoms with Crippen molar-refractivity contribution in [3.63, 3.8) is 0 Å². The normalized spacial score (nSPS) is 9.44. The number of aromatic hydroxyl groups is 2. The van der Waals surface area contributed by atoms with E-state index in [1.807, 2.05) is 0 Å². The predicted octanol–water partition coefficient (Wildman–Crippen LogP) is 1.28. The second-order valence-corrected chi connectivity index (χ2v) is 1.82. The summed E-state index contributed by atoms with van der Waals surface area (Å²) in [6.07, 6.45) is 0. The summed E-state index contributed by atoms with van der Waals surface area (Å²) in [5.41, 5.74) is 0.685. The van der Waals surface area contributed by atoms with Crippen molar-refractivity contribution in [2.75, 3.05) is 0 Å². The number of hydrogen-bond donors (Lipinski definition) is 2. The van der Waals surface area contributed by atoms with Crippen molar-refractivity contribution in [2.24, 2.45) is 0 Å². The molecule has 0 aromatic heterocycles. The molecule has 0 aliphatic carbocycles. The van der Waals surface area contributed by atoms with Gasteiger partial charge in [-0.3, -0.25) is 0 Å². The second kappa shape index (κ2) is 1.97. The van der Waals surface area contributed by atoms with E-state index in [-0.39, 0.29) is 11.5 Å². The molecule has 0 aliphatic heterocycles. The van der Waals surface area contributed by atoms with Gasteiger partial charge in [0.2, 0.25) is 0 Å². The lowest BCUT2D eigenvalue weighted by atomic mass is 10.2. The van der Waals surface area contributed by atoms with E-state index in [0.717, 1.165) is 0 Å². The maximum atomic E-state index is 8.81. The van der Waals surface area contributed by atoms with Gasteiger partial charge in [-0.15, -0.1) is 0 Å². The molecule has 0 bridgehead atoms. The Labute approximate surface area is 53.4 Å². The van der Waals surface area contributed by atoms with Gasteiger partial charge >= 0.3 is 0 Å². The lowest BCUT2D eigenvalue weighted by molar-refractivity contribution is 0.403. The highest BCUT2D eigenvalue weighted by Crippen LogP contribution is 2.23. The Morgan fingerprint density at radius 3 is 2.22 bits per heavy atom. The molecule has 1 radical (unpaired) electrons. The molecule has 0 amide bonds. The van der Waals surface area contributed by atoms with Crippen LogP contribution in [0.15, 0.2) is 18.2 Å². The Kier molecular flexibility index (Phi) is 1.30. The first-order chi connectivity index (χ1) is 4.20. The van der Waals surface area contributed by atoms with Crippen molar-refractivity contribution in [1.29, 1.82) is 0 Å². The lowest BCUT2D eigenvalue weighted by Gasteiger charge is -1.95. The zero-order valence-corrected chi connectivity index (χ0v) is 4.83. The minimum Gasteiger partial charge on any atom is -0.504 e. The van der Waals surface area contributed by atoms with Gasteiger partial charge in [-0.1, -0.05) is 6.07 Å². The average Bonchev–Trinajstić information content (AvgIpc) is 1.80. The van der Waals surface area contributed by atoms with Crippen LogP contribution in [-0.2, 0) is 0 Å². The molecule has 9 heavy (non-hydrogen) atoms. The molecule has 47 valence electrons. The second-order valence-electron chi connectivity index (χ2n) is 1.82. The van der Waals surface area contributed by atoms with Gasteiger partial charge < -0.3 is 10.2 Å². The first kappa shape index (κ1) is 5.95. The molecule has 0 saturated carbocycles. The smallest absolute Gasteiger partial charge is 0.157 e.